The lowest BCUT2D eigenvalue weighted by atomic mass is 9.91. The van der Waals surface area contributed by atoms with Crippen molar-refractivity contribution >= 4 is 11.8 Å². The van der Waals surface area contributed by atoms with Gasteiger partial charge in [-0.05, 0) is 42.2 Å². The Morgan fingerprint density at radius 2 is 1.95 bits per heavy atom. The molecule has 0 saturated carbocycles. The minimum absolute atomic E-state index is 0.0249. The number of carbonyl (C=O) groups excluding carboxylic acids is 1. The average molecular weight is 281 g/mol. The average Bonchev–Trinajstić information content (AvgIpc) is 2.85. The van der Waals surface area contributed by atoms with Gasteiger partial charge in [0.05, 0.1) is 11.7 Å². The van der Waals surface area contributed by atoms with Gasteiger partial charge in [0.25, 0.3) is 0 Å². The Hall–Kier alpha value is -2.49. The summed E-state index contributed by atoms with van der Waals surface area (Å²) in [4.78, 5) is 14.0. The monoisotopic (exact) mass is 281 g/mol. The molecule has 1 saturated heterocycles. The van der Waals surface area contributed by atoms with Crippen LogP contribution in [0.1, 0.15) is 23.7 Å². The topological polar surface area (TPSA) is 49.8 Å². The zero-order valence-electron chi connectivity index (χ0n) is 11.4. The second kappa shape index (κ2) is 4.52. The number of ether oxygens (including phenoxy) is 1. The number of amides is 1. The van der Waals surface area contributed by atoms with Crippen LogP contribution in [0.15, 0.2) is 48.5 Å². The van der Waals surface area contributed by atoms with Crippen LogP contribution < -0.4 is 4.90 Å². The molecule has 21 heavy (non-hydrogen) atoms. The summed E-state index contributed by atoms with van der Waals surface area (Å²) in [6.45, 7) is 0. The zero-order valence-corrected chi connectivity index (χ0v) is 11.4. The van der Waals surface area contributed by atoms with Crippen LogP contribution in [0.25, 0.3) is 0 Å². The number of cyclic esters (lactones) is 1. The smallest absolute Gasteiger partial charge is 0.415 e. The minimum atomic E-state index is -0.305. The maximum Gasteiger partial charge on any atom is 0.415 e. The van der Waals surface area contributed by atoms with Crippen molar-refractivity contribution in [3.05, 3.63) is 59.7 Å². The van der Waals surface area contributed by atoms with E-state index in [1.165, 1.54) is 0 Å². The molecule has 2 aliphatic rings. The van der Waals surface area contributed by atoms with Crippen LogP contribution in [-0.2, 0) is 11.2 Å². The van der Waals surface area contributed by atoms with Crippen molar-refractivity contribution in [1.29, 1.82) is 0 Å². The van der Waals surface area contributed by atoms with Gasteiger partial charge >= 0.3 is 6.09 Å². The highest BCUT2D eigenvalue weighted by Gasteiger charge is 2.45. The van der Waals surface area contributed by atoms with Crippen molar-refractivity contribution in [2.75, 3.05) is 4.90 Å². The fourth-order valence-electron chi connectivity index (χ4n) is 3.32. The van der Waals surface area contributed by atoms with Gasteiger partial charge in [-0.3, -0.25) is 4.90 Å². The number of aromatic hydroxyl groups is 1. The highest BCUT2D eigenvalue weighted by atomic mass is 16.6. The lowest BCUT2D eigenvalue weighted by Crippen LogP contribution is -2.38. The normalized spacial score (nSPS) is 23.4. The van der Waals surface area contributed by atoms with Crippen molar-refractivity contribution in [3.8, 4) is 5.75 Å². The number of hydrogen-bond acceptors (Lipinski definition) is 3. The van der Waals surface area contributed by atoms with Crippen LogP contribution in [0.2, 0.25) is 0 Å². The van der Waals surface area contributed by atoms with Gasteiger partial charge in [0.1, 0.15) is 11.9 Å². The maximum atomic E-state index is 12.3. The van der Waals surface area contributed by atoms with E-state index in [1.54, 1.807) is 23.1 Å². The Kier molecular flexibility index (Phi) is 2.64. The van der Waals surface area contributed by atoms with Gasteiger partial charge < -0.3 is 9.84 Å². The molecule has 0 unspecified atom stereocenters. The second-order valence-electron chi connectivity index (χ2n) is 5.50. The van der Waals surface area contributed by atoms with Gasteiger partial charge in [-0.2, -0.15) is 0 Å². The van der Waals surface area contributed by atoms with Crippen LogP contribution in [0, 0.1) is 0 Å². The Bertz CT molecular complexity index is 698. The van der Waals surface area contributed by atoms with E-state index >= 15 is 0 Å². The van der Waals surface area contributed by atoms with Crippen LogP contribution in [0.4, 0.5) is 10.5 Å². The van der Waals surface area contributed by atoms with E-state index in [2.05, 4.69) is 0 Å². The summed E-state index contributed by atoms with van der Waals surface area (Å²) in [6, 6.07) is 15.0. The van der Waals surface area contributed by atoms with Crippen LogP contribution in [0.3, 0.4) is 0 Å². The molecule has 4 heteroatoms. The van der Waals surface area contributed by atoms with Gasteiger partial charge in [0, 0.05) is 0 Å². The second-order valence-corrected chi connectivity index (χ2v) is 5.50. The van der Waals surface area contributed by atoms with Crippen LogP contribution >= 0.6 is 0 Å². The number of aryl methyl sites for hydroxylation is 1. The molecule has 2 atom stereocenters. The summed E-state index contributed by atoms with van der Waals surface area (Å²) in [5, 5.41) is 9.59. The molecule has 1 N–H and O–H groups in total. The summed E-state index contributed by atoms with van der Waals surface area (Å²) < 4.78 is 5.61. The molecular weight excluding hydrogens is 266 g/mol. The molecule has 2 aromatic carbocycles. The van der Waals surface area contributed by atoms with Gasteiger partial charge in [-0.1, -0.05) is 30.3 Å². The third-order valence-corrected chi connectivity index (χ3v) is 4.27. The fraction of sp³-hybridized carbons (Fsp3) is 0.235. The summed E-state index contributed by atoms with van der Waals surface area (Å²) in [5.41, 5.74) is 2.88. The highest BCUT2D eigenvalue weighted by molar-refractivity contribution is 5.92. The molecule has 0 aromatic heterocycles. The zero-order chi connectivity index (χ0) is 14.4. The predicted molar refractivity (Wildman–Crippen MR) is 78.4 cm³/mol. The number of anilines is 1. The van der Waals surface area contributed by atoms with Crippen LogP contribution in [0.5, 0.6) is 5.75 Å². The van der Waals surface area contributed by atoms with Gasteiger partial charge in [-0.15, -0.1) is 0 Å². The first-order valence-corrected chi connectivity index (χ1v) is 7.11. The van der Waals surface area contributed by atoms with Crippen molar-refractivity contribution < 1.29 is 14.6 Å². The van der Waals surface area contributed by atoms with E-state index in [0.29, 0.717) is 0 Å². The quantitative estimate of drug-likeness (QED) is 0.871. The van der Waals surface area contributed by atoms with Crippen molar-refractivity contribution in [3.63, 3.8) is 0 Å². The molecule has 1 fully saturated rings. The van der Waals surface area contributed by atoms with Crippen molar-refractivity contribution in [2.45, 2.75) is 25.0 Å². The summed E-state index contributed by atoms with van der Waals surface area (Å²) >= 11 is 0. The lowest BCUT2D eigenvalue weighted by Gasteiger charge is -2.31. The number of phenols is 1. The summed E-state index contributed by atoms with van der Waals surface area (Å²) in [6.07, 6.45) is 1.15. The Labute approximate surface area is 122 Å². The molecule has 106 valence electrons. The van der Waals surface area contributed by atoms with Crippen LogP contribution in [-0.4, -0.2) is 17.2 Å². The number of benzene rings is 2. The third kappa shape index (κ3) is 1.87. The number of nitrogens with zero attached hydrogens (tertiary/aromatic N) is 1. The third-order valence-electron chi connectivity index (χ3n) is 4.27. The van der Waals surface area contributed by atoms with Crippen molar-refractivity contribution in [1.82, 2.24) is 0 Å². The van der Waals surface area contributed by atoms with E-state index in [-0.39, 0.29) is 24.0 Å². The maximum absolute atomic E-state index is 12.3. The van der Waals surface area contributed by atoms with Gasteiger partial charge in [-0.25, -0.2) is 4.79 Å². The largest absolute Gasteiger partial charge is 0.508 e. The molecule has 0 aliphatic carbocycles. The molecule has 4 nitrogen and oxygen atoms in total. The number of rotatable bonds is 1. The van der Waals surface area contributed by atoms with E-state index in [1.807, 2.05) is 30.3 Å². The summed E-state index contributed by atoms with van der Waals surface area (Å²) in [7, 11) is 0. The molecule has 0 spiro atoms. The molecule has 2 heterocycles. The number of fused-ring (bicyclic) bond motifs is 3. The summed E-state index contributed by atoms with van der Waals surface area (Å²) in [5.74, 6) is 0.236. The Balaban J connectivity index is 1.75. The van der Waals surface area contributed by atoms with Gasteiger partial charge in [0.15, 0.2) is 0 Å². The van der Waals surface area contributed by atoms with E-state index in [4.69, 9.17) is 4.74 Å². The van der Waals surface area contributed by atoms with E-state index < -0.39 is 0 Å². The first kappa shape index (κ1) is 12.3. The van der Waals surface area contributed by atoms with E-state index in [9.17, 15) is 9.90 Å². The first-order chi connectivity index (χ1) is 10.2. The Morgan fingerprint density at radius 3 is 2.76 bits per heavy atom. The standard InChI is InChI=1S/C17H15NO3/c19-13-7-9-14-12(10-13)6-8-15-16(21-17(20)18(14)15)11-4-2-1-3-5-11/h1-5,7,9-10,15-16,19H,6,8H2/t15-,16-/m0/s1. The molecule has 0 radical (unpaired) electrons. The first-order valence-electron chi connectivity index (χ1n) is 7.11. The fourth-order valence-corrected chi connectivity index (χ4v) is 3.32. The molecule has 0 bridgehead atoms. The number of carbonyl (C=O) groups is 1. The molecule has 2 aromatic rings. The molecular formula is C17H15NO3. The van der Waals surface area contributed by atoms with Crippen molar-refractivity contribution in [2.24, 2.45) is 0 Å². The predicted octanol–water partition coefficient (Wildman–Crippen LogP) is 3.40. The highest BCUT2D eigenvalue weighted by Crippen LogP contribution is 2.43. The lowest BCUT2D eigenvalue weighted by molar-refractivity contribution is 0.131. The molecule has 2 aliphatic heterocycles. The number of phenolic OH excluding ortho intramolecular Hbond substituents is 1. The molecule has 1 amide bonds. The van der Waals surface area contributed by atoms with Gasteiger partial charge in [0.2, 0.25) is 0 Å². The molecule has 4 rings (SSSR count). The Morgan fingerprint density at radius 1 is 1.14 bits per heavy atom. The number of hydrogen-bond donors (Lipinski definition) is 1. The SMILES string of the molecule is O=C1O[C@@H](c2ccccc2)[C@@H]2CCc3cc(O)ccc3N12. The van der Waals surface area contributed by atoms with E-state index in [0.717, 1.165) is 29.7 Å². The minimum Gasteiger partial charge on any atom is -0.508 e.